The Morgan fingerprint density at radius 1 is 1.10 bits per heavy atom. The fourth-order valence-corrected chi connectivity index (χ4v) is 2.25. The fourth-order valence-electron chi connectivity index (χ4n) is 2.25. The topological polar surface area (TPSA) is 74.7 Å². The summed E-state index contributed by atoms with van der Waals surface area (Å²) in [5, 5.41) is 13.0. The molecule has 3 aromatic rings. The van der Waals surface area contributed by atoms with Gasteiger partial charge in [0.2, 0.25) is 0 Å². The lowest BCUT2D eigenvalue weighted by Gasteiger charge is -2.11. The Morgan fingerprint density at radius 3 is 2.67 bits per heavy atom. The van der Waals surface area contributed by atoms with E-state index in [4.69, 9.17) is 11.0 Å². The number of rotatable bonds is 3. The van der Waals surface area contributed by atoms with Gasteiger partial charge in [-0.3, -0.25) is 4.98 Å². The molecule has 0 aliphatic heterocycles. The van der Waals surface area contributed by atoms with Crippen LogP contribution in [-0.4, -0.2) is 4.98 Å². The van der Waals surface area contributed by atoms with E-state index in [1.165, 1.54) is 0 Å². The Kier molecular flexibility index (Phi) is 3.40. The van der Waals surface area contributed by atoms with E-state index >= 15 is 0 Å². The molecule has 4 heteroatoms. The van der Waals surface area contributed by atoms with Crippen LogP contribution in [-0.2, 0) is 6.42 Å². The zero-order valence-electron chi connectivity index (χ0n) is 11.4. The summed E-state index contributed by atoms with van der Waals surface area (Å²) < 4.78 is 0. The van der Waals surface area contributed by atoms with Crippen molar-refractivity contribution in [3.8, 4) is 6.07 Å². The third-order valence-corrected chi connectivity index (χ3v) is 3.32. The van der Waals surface area contributed by atoms with E-state index < -0.39 is 0 Å². The van der Waals surface area contributed by atoms with Crippen molar-refractivity contribution in [3.05, 3.63) is 60.3 Å². The molecule has 0 radical (unpaired) electrons. The van der Waals surface area contributed by atoms with Crippen LogP contribution in [0.5, 0.6) is 0 Å². The number of anilines is 3. The molecule has 3 N–H and O–H groups in total. The van der Waals surface area contributed by atoms with Gasteiger partial charge in [-0.05, 0) is 42.0 Å². The second-order valence-corrected chi connectivity index (χ2v) is 4.76. The Hall–Kier alpha value is -3.06. The Bertz CT molecular complexity index is 816. The van der Waals surface area contributed by atoms with Crippen LogP contribution in [0.4, 0.5) is 17.1 Å². The average molecular weight is 274 g/mol. The third-order valence-electron chi connectivity index (χ3n) is 3.32. The predicted octanol–water partition coefficient (Wildman–Crippen LogP) is 3.63. The molecule has 4 nitrogen and oxygen atoms in total. The van der Waals surface area contributed by atoms with E-state index in [2.05, 4.69) is 16.4 Å². The summed E-state index contributed by atoms with van der Waals surface area (Å²) in [5.74, 6) is 0. The zero-order chi connectivity index (χ0) is 14.7. The largest absolute Gasteiger partial charge is 0.398 e. The van der Waals surface area contributed by atoms with Crippen LogP contribution in [0.1, 0.15) is 5.56 Å². The van der Waals surface area contributed by atoms with Gasteiger partial charge in [0.1, 0.15) is 0 Å². The molecule has 0 atom stereocenters. The van der Waals surface area contributed by atoms with Gasteiger partial charge in [0.05, 0.1) is 23.7 Å². The molecule has 0 spiro atoms. The summed E-state index contributed by atoms with van der Waals surface area (Å²) in [6.07, 6.45) is 2.18. The summed E-state index contributed by atoms with van der Waals surface area (Å²) in [5.41, 5.74) is 10.4. The van der Waals surface area contributed by atoms with Gasteiger partial charge >= 0.3 is 0 Å². The first kappa shape index (κ1) is 12.9. The monoisotopic (exact) mass is 274 g/mol. The number of benzene rings is 2. The third kappa shape index (κ3) is 2.63. The Morgan fingerprint density at radius 2 is 1.90 bits per heavy atom. The number of nitrogens with zero attached hydrogens (tertiary/aromatic N) is 2. The average Bonchev–Trinajstić information content (AvgIpc) is 2.52. The molecule has 1 heterocycles. The Balaban J connectivity index is 1.95. The number of nitriles is 1. The zero-order valence-corrected chi connectivity index (χ0v) is 11.4. The summed E-state index contributed by atoms with van der Waals surface area (Å²) >= 11 is 0. The number of nitrogens with two attached hydrogens (primary N) is 1. The lowest BCUT2D eigenvalue weighted by atomic mass is 10.1. The maximum Gasteiger partial charge on any atom is 0.0957 e. The maximum atomic E-state index is 8.68. The van der Waals surface area contributed by atoms with E-state index in [0.717, 1.165) is 27.8 Å². The maximum absolute atomic E-state index is 8.68. The molecule has 21 heavy (non-hydrogen) atoms. The van der Waals surface area contributed by atoms with E-state index in [-0.39, 0.29) is 0 Å². The molecule has 0 bridgehead atoms. The molecule has 0 fully saturated rings. The number of nitrogens with one attached hydrogen (secondary N) is 1. The van der Waals surface area contributed by atoms with Gasteiger partial charge in [-0.1, -0.05) is 12.1 Å². The molecule has 2 aromatic carbocycles. The van der Waals surface area contributed by atoms with Crippen molar-refractivity contribution in [2.75, 3.05) is 11.1 Å². The van der Waals surface area contributed by atoms with Gasteiger partial charge in [-0.15, -0.1) is 0 Å². The van der Waals surface area contributed by atoms with E-state index in [1.807, 2.05) is 48.5 Å². The SMILES string of the molecule is N#CCc1ccc(Nc2ccc(N)c3cccnc23)cc1. The lowest BCUT2D eigenvalue weighted by molar-refractivity contribution is 1.26. The molecular formula is C17H14N4. The summed E-state index contributed by atoms with van der Waals surface area (Å²) in [7, 11) is 0. The molecule has 3 rings (SSSR count). The minimum absolute atomic E-state index is 0.423. The quantitative estimate of drug-likeness (QED) is 0.715. The first-order chi connectivity index (χ1) is 10.3. The molecule has 1 aromatic heterocycles. The molecular weight excluding hydrogens is 260 g/mol. The van der Waals surface area contributed by atoms with Crippen molar-refractivity contribution < 1.29 is 0 Å². The van der Waals surface area contributed by atoms with Crippen molar-refractivity contribution in [1.82, 2.24) is 4.98 Å². The number of nitrogen functional groups attached to an aromatic ring is 1. The standard InChI is InChI=1S/C17H14N4/c18-10-9-12-3-5-13(6-4-12)21-16-8-7-15(19)14-2-1-11-20-17(14)16/h1-8,11,21H,9,19H2. The summed E-state index contributed by atoms with van der Waals surface area (Å²) in [4.78, 5) is 4.40. The number of aromatic nitrogens is 1. The van der Waals surface area contributed by atoms with Crippen LogP contribution in [0.25, 0.3) is 10.9 Å². The van der Waals surface area contributed by atoms with Gasteiger partial charge in [-0.25, -0.2) is 0 Å². The van der Waals surface area contributed by atoms with E-state index in [0.29, 0.717) is 12.1 Å². The Labute approximate surface area is 122 Å². The molecule has 0 saturated carbocycles. The summed E-state index contributed by atoms with van der Waals surface area (Å²) in [6.45, 7) is 0. The highest BCUT2D eigenvalue weighted by Gasteiger charge is 2.05. The molecule has 0 aliphatic rings. The van der Waals surface area contributed by atoms with Gasteiger partial charge < -0.3 is 11.1 Å². The number of hydrogen-bond acceptors (Lipinski definition) is 4. The number of fused-ring (bicyclic) bond motifs is 1. The van der Waals surface area contributed by atoms with Crippen molar-refractivity contribution in [2.24, 2.45) is 0 Å². The van der Waals surface area contributed by atoms with Crippen molar-refractivity contribution >= 4 is 28.0 Å². The fraction of sp³-hybridized carbons (Fsp3) is 0.0588. The van der Waals surface area contributed by atoms with Crippen molar-refractivity contribution in [1.29, 1.82) is 5.26 Å². The lowest BCUT2D eigenvalue weighted by Crippen LogP contribution is -1.96. The van der Waals surface area contributed by atoms with Crippen LogP contribution in [0.3, 0.4) is 0 Å². The molecule has 0 saturated heterocycles. The van der Waals surface area contributed by atoms with Gasteiger partial charge in [-0.2, -0.15) is 5.26 Å². The normalized spacial score (nSPS) is 10.2. The van der Waals surface area contributed by atoms with Crippen molar-refractivity contribution in [3.63, 3.8) is 0 Å². The highest BCUT2D eigenvalue weighted by molar-refractivity contribution is 5.99. The molecule has 0 aliphatic carbocycles. The number of hydrogen-bond donors (Lipinski definition) is 2. The summed E-state index contributed by atoms with van der Waals surface area (Å²) in [6, 6.07) is 17.6. The molecule has 0 amide bonds. The smallest absolute Gasteiger partial charge is 0.0957 e. The van der Waals surface area contributed by atoms with E-state index in [9.17, 15) is 0 Å². The second-order valence-electron chi connectivity index (χ2n) is 4.76. The van der Waals surface area contributed by atoms with Gasteiger partial charge in [0.25, 0.3) is 0 Å². The van der Waals surface area contributed by atoms with Crippen LogP contribution in [0.2, 0.25) is 0 Å². The van der Waals surface area contributed by atoms with Gasteiger partial charge in [0, 0.05) is 23.0 Å². The second kappa shape index (κ2) is 5.51. The minimum Gasteiger partial charge on any atom is -0.398 e. The van der Waals surface area contributed by atoms with Gasteiger partial charge in [0.15, 0.2) is 0 Å². The van der Waals surface area contributed by atoms with Crippen LogP contribution >= 0.6 is 0 Å². The molecule has 0 unspecified atom stereocenters. The first-order valence-corrected chi connectivity index (χ1v) is 6.64. The predicted molar refractivity (Wildman–Crippen MR) is 85.2 cm³/mol. The minimum atomic E-state index is 0.423. The highest BCUT2D eigenvalue weighted by atomic mass is 14.9. The highest BCUT2D eigenvalue weighted by Crippen LogP contribution is 2.28. The van der Waals surface area contributed by atoms with E-state index in [1.54, 1.807) is 6.20 Å². The molecule has 102 valence electrons. The van der Waals surface area contributed by atoms with Crippen LogP contribution in [0.15, 0.2) is 54.7 Å². The van der Waals surface area contributed by atoms with Crippen molar-refractivity contribution in [2.45, 2.75) is 6.42 Å². The number of pyridine rings is 1. The first-order valence-electron chi connectivity index (χ1n) is 6.64. The van der Waals surface area contributed by atoms with Crippen LogP contribution < -0.4 is 11.1 Å². The van der Waals surface area contributed by atoms with Crippen LogP contribution in [0, 0.1) is 11.3 Å².